The molecule has 0 spiro atoms. The Hall–Kier alpha value is -0.700. The first-order valence-corrected chi connectivity index (χ1v) is 7.74. The number of nitrogens with zero attached hydrogens (tertiary/aromatic N) is 3. The van der Waals surface area contributed by atoms with E-state index < -0.39 is 16.2 Å². The van der Waals surface area contributed by atoms with Crippen molar-refractivity contribution in [3.8, 4) is 0 Å². The van der Waals surface area contributed by atoms with Gasteiger partial charge in [0.15, 0.2) is 0 Å². The van der Waals surface area contributed by atoms with Crippen molar-refractivity contribution in [3.05, 3.63) is 0 Å². The Bertz CT molecular complexity index is 410. The van der Waals surface area contributed by atoms with Gasteiger partial charge in [0, 0.05) is 32.7 Å². The largest absolute Gasteiger partial charge is 0.481 e. The Morgan fingerprint density at radius 2 is 2.00 bits per heavy atom. The van der Waals surface area contributed by atoms with Gasteiger partial charge in [-0.05, 0) is 26.9 Å². The van der Waals surface area contributed by atoms with E-state index in [1.54, 1.807) is 0 Å². The van der Waals surface area contributed by atoms with Crippen molar-refractivity contribution in [1.82, 2.24) is 13.5 Å². The highest BCUT2D eigenvalue weighted by Crippen LogP contribution is 2.18. The first kappa shape index (κ1) is 16.4. The van der Waals surface area contributed by atoms with Crippen molar-refractivity contribution < 1.29 is 18.3 Å². The third-order valence-corrected chi connectivity index (χ3v) is 5.40. The predicted molar refractivity (Wildman–Crippen MR) is 72.1 cm³/mol. The maximum atomic E-state index is 12.3. The van der Waals surface area contributed by atoms with Gasteiger partial charge >= 0.3 is 5.97 Å². The number of aliphatic carboxylic acids is 1. The quantitative estimate of drug-likeness (QED) is 0.725. The van der Waals surface area contributed by atoms with E-state index >= 15 is 0 Å². The lowest BCUT2D eigenvalue weighted by Crippen LogP contribution is -2.51. The SMILES string of the molecule is CN(C)C1CCCN(S(=O)(=O)N(C)CCC(=O)O)C1. The second-order valence-electron chi connectivity index (χ2n) is 5.09. The number of carbonyl (C=O) groups is 1. The second-order valence-corrected chi connectivity index (χ2v) is 7.13. The van der Waals surface area contributed by atoms with Crippen LogP contribution in [0.1, 0.15) is 19.3 Å². The Morgan fingerprint density at radius 3 is 2.53 bits per heavy atom. The fraction of sp³-hybridized carbons (Fsp3) is 0.909. The topological polar surface area (TPSA) is 81.2 Å². The molecule has 19 heavy (non-hydrogen) atoms. The average molecular weight is 293 g/mol. The lowest BCUT2D eigenvalue weighted by Gasteiger charge is -2.36. The van der Waals surface area contributed by atoms with Gasteiger partial charge in [-0.3, -0.25) is 4.79 Å². The molecule has 0 radical (unpaired) electrons. The minimum absolute atomic E-state index is 0.000791. The summed E-state index contributed by atoms with van der Waals surface area (Å²) in [6.45, 7) is 0.970. The minimum Gasteiger partial charge on any atom is -0.481 e. The van der Waals surface area contributed by atoms with Gasteiger partial charge in [-0.25, -0.2) is 0 Å². The minimum atomic E-state index is -3.55. The van der Waals surface area contributed by atoms with Crippen LogP contribution in [0.3, 0.4) is 0 Å². The fourth-order valence-corrected chi connectivity index (χ4v) is 3.55. The van der Waals surface area contributed by atoms with Crippen LogP contribution in [0.25, 0.3) is 0 Å². The van der Waals surface area contributed by atoms with Crippen molar-refractivity contribution in [2.75, 3.05) is 40.8 Å². The Morgan fingerprint density at radius 1 is 1.37 bits per heavy atom. The zero-order valence-electron chi connectivity index (χ0n) is 11.7. The van der Waals surface area contributed by atoms with E-state index in [-0.39, 0.29) is 19.0 Å². The molecular weight excluding hydrogens is 270 g/mol. The molecule has 1 saturated heterocycles. The van der Waals surface area contributed by atoms with E-state index in [0.717, 1.165) is 17.1 Å². The van der Waals surface area contributed by atoms with E-state index in [4.69, 9.17) is 5.11 Å². The fourth-order valence-electron chi connectivity index (χ4n) is 2.12. The molecule has 0 aromatic carbocycles. The molecule has 1 unspecified atom stereocenters. The van der Waals surface area contributed by atoms with Gasteiger partial charge in [0.2, 0.25) is 0 Å². The van der Waals surface area contributed by atoms with Gasteiger partial charge in [0.05, 0.1) is 6.42 Å². The molecule has 1 aliphatic rings. The van der Waals surface area contributed by atoms with E-state index in [0.29, 0.717) is 13.1 Å². The van der Waals surface area contributed by atoms with E-state index in [1.807, 2.05) is 19.0 Å². The molecule has 1 N–H and O–H groups in total. The summed E-state index contributed by atoms with van der Waals surface area (Å²) >= 11 is 0. The Kier molecular flexibility index (Phi) is 5.72. The summed E-state index contributed by atoms with van der Waals surface area (Å²) in [6.07, 6.45) is 1.63. The number of rotatable bonds is 6. The summed E-state index contributed by atoms with van der Waals surface area (Å²) in [5, 5.41) is 8.61. The molecule has 1 fully saturated rings. The molecule has 1 heterocycles. The molecule has 8 heteroatoms. The molecule has 0 saturated carbocycles. The number of carboxylic acids is 1. The maximum Gasteiger partial charge on any atom is 0.304 e. The summed E-state index contributed by atoms with van der Waals surface area (Å²) in [5.74, 6) is -0.994. The second kappa shape index (κ2) is 6.65. The van der Waals surface area contributed by atoms with Crippen LogP contribution in [0, 0.1) is 0 Å². The van der Waals surface area contributed by atoms with E-state index in [9.17, 15) is 13.2 Å². The molecule has 0 aromatic rings. The molecule has 1 rings (SSSR count). The molecule has 7 nitrogen and oxygen atoms in total. The molecule has 1 aliphatic heterocycles. The van der Waals surface area contributed by atoms with Gasteiger partial charge in [0.1, 0.15) is 0 Å². The van der Waals surface area contributed by atoms with Crippen molar-refractivity contribution in [3.63, 3.8) is 0 Å². The van der Waals surface area contributed by atoms with Gasteiger partial charge < -0.3 is 10.0 Å². The number of piperidine rings is 1. The number of hydrogen-bond donors (Lipinski definition) is 1. The summed E-state index contributed by atoms with van der Waals surface area (Å²) in [5.41, 5.74) is 0. The van der Waals surface area contributed by atoms with Crippen molar-refractivity contribution in [1.29, 1.82) is 0 Å². The molecule has 0 aromatic heterocycles. The van der Waals surface area contributed by atoms with Gasteiger partial charge in [-0.1, -0.05) is 0 Å². The first-order chi connectivity index (χ1) is 8.75. The predicted octanol–water partition coefficient (Wildman–Crippen LogP) is -0.336. The van der Waals surface area contributed by atoms with Crippen LogP contribution in [0.2, 0.25) is 0 Å². The Labute approximate surface area is 115 Å². The molecule has 0 amide bonds. The zero-order valence-corrected chi connectivity index (χ0v) is 12.6. The van der Waals surface area contributed by atoms with Crippen molar-refractivity contribution >= 4 is 16.2 Å². The molecule has 0 bridgehead atoms. The maximum absolute atomic E-state index is 12.3. The lowest BCUT2D eigenvalue weighted by atomic mass is 10.1. The number of likely N-dealkylation sites (N-methyl/N-ethyl adjacent to an activating group) is 1. The van der Waals surface area contributed by atoms with Crippen LogP contribution in [-0.2, 0) is 15.0 Å². The van der Waals surface area contributed by atoms with Crippen LogP contribution >= 0.6 is 0 Å². The van der Waals surface area contributed by atoms with Gasteiger partial charge in [-0.15, -0.1) is 0 Å². The van der Waals surface area contributed by atoms with Crippen molar-refractivity contribution in [2.24, 2.45) is 0 Å². The summed E-state index contributed by atoms with van der Waals surface area (Å²) in [4.78, 5) is 12.5. The van der Waals surface area contributed by atoms with Crippen LogP contribution in [0.15, 0.2) is 0 Å². The lowest BCUT2D eigenvalue weighted by molar-refractivity contribution is -0.137. The molecular formula is C11H23N3O4S. The molecule has 112 valence electrons. The standard InChI is InChI=1S/C11H23N3O4S/c1-12(2)10-5-4-7-14(9-10)19(17,18)13(3)8-6-11(15)16/h10H,4-9H2,1-3H3,(H,15,16). The molecule has 1 atom stereocenters. The zero-order chi connectivity index (χ0) is 14.6. The highest BCUT2D eigenvalue weighted by atomic mass is 32.2. The van der Waals surface area contributed by atoms with Crippen LogP contribution < -0.4 is 0 Å². The normalized spacial score (nSPS) is 22.1. The van der Waals surface area contributed by atoms with Crippen LogP contribution in [-0.4, -0.2) is 79.8 Å². The van der Waals surface area contributed by atoms with E-state index in [2.05, 4.69) is 0 Å². The van der Waals surface area contributed by atoms with Crippen LogP contribution in [0.5, 0.6) is 0 Å². The Balaban J connectivity index is 2.68. The highest BCUT2D eigenvalue weighted by Gasteiger charge is 2.32. The summed E-state index contributed by atoms with van der Waals surface area (Å²) in [7, 11) is 1.76. The monoisotopic (exact) mass is 293 g/mol. The van der Waals surface area contributed by atoms with Crippen LogP contribution in [0.4, 0.5) is 0 Å². The number of carboxylic acid groups (broad SMARTS) is 1. The van der Waals surface area contributed by atoms with Crippen molar-refractivity contribution in [2.45, 2.75) is 25.3 Å². The number of hydrogen-bond acceptors (Lipinski definition) is 4. The average Bonchev–Trinajstić information content (AvgIpc) is 2.35. The third kappa shape index (κ3) is 4.41. The first-order valence-electron chi connectivity index (χ1n) is 6.34. The highest BCUT2D eigenvalue weighted by molar-refractivity contribution is 7.86. The summed E-state index contributed by atoms with van der Waals surface area (Å²) in [6, 6.07) is 0.219. The molecule has 0 aliphatic carbocycles. The van der Waals surface area contributed by atoms with E-state index in [1.165, 1.54) is 11.4 Å². The van der Waals surface area contributed by atoms with Gasteiger partial charge in [0.25, 0.3) is 10.2 Å². The van der Waals surface area contributed by atoms with Gasteiger partial charge in [-0.2, -0.15) is 17.0 Å². The third-order valence-electron chi connectivity index (χ3n) is 3.45. The summed E-state index contributed by atoms with van der Waals surface area (Å²) < 4.78 is 27.2. The smallest absolute Gasteiger partial charge is 0.304 e.